The molecular weight excluding hydrogens is 272 g/mol. The Kier molecular flexibility index (Phi) is 5.26. The molecule has 1 aromatic rings. The number of sulfonamides is 1. The van der Waals surface area contributed by atoms with Crippen LogP contribution in [0.2, 0.25) is 0 Å². The summed E-state index contributed by atoms with van der Waals surface area (Å²) in [6.07, 6.45) is 6.57. The largest absolute Gasteiger partial charge is 0.348 e. The van der Waals surface area contributed by atoms with E-state index in [1.54, 1.807) is 24.3 Å². The lowest BCUT2D eigenvalue weighted by molar-refractivity contribution is -0.116. The van der Waals surface area contributed by atoms with Crippen molar-refractivity contribution in [3.8, 4) is 0 Å². The number of hydrogen-bond donors (Lipinski definition) is 2. The van der Waals surface area contributed by atoms with E-state index in [2.05, 4.69) is 5.32 Å². The van der Waals surface area contributed by atoms with E-state index in [-0.39, 0.29) is 16.7 Å². The summed E-state index contributed by atoms with van der Waals surface area (Å²) in [5.41, 5.74) is 0. The van der Waals surface area contributed by atoms with E-state index in [9.17, 15) is 13.2 Å². The molecular formula is C11H14N2O3S2. The van der Waals surface area contributed by atoms with Crippen LogP contribution in [-0.2, 0) is 21.4 Å². The number of rotatable bonds is 5. The zero-order valence-electron chi connectivity index (χ0n) is 9.79. The molecule has 0 aromatic carbocycles. The van der Waals surface area contributed by atoms with Crippen LogP contribution in [0.3, 0.4) is 0 Å². The Balaban J connectivity index is 2.54. The van der Waals surface area contributed by atoms with Crippen molar-refractivity contribution in [2.24, 2.45) is 5.14 Å². The molecule has 1 rings (SSSR count). The molecule has 0 radical (unpaired) electrons. The number of hydrogen-bond acceptors (Lipinski definition) is 4. The monoisotopic (exact) mass is 286 g/mol. The van der Waals surface area contributed by atoms with E-state index >= 15 is 0 Å². The SMILES string of the molecule is CC=CC=CC(=O)NCc1ccc(S(N)(=O)=O)s1. The van der Waals surface area contributed by atoms with Crippen LogP contribution >= 0.6 is 11.3 Å². The lowest BCUT2D eigenvalue weighted by atomic mass is 10.4. The van der Waals surface area contributed by atoms with E-state index in [4.69, 9.17) is 5.14 Å². The van der Waals surface area contributed by atoms with Gasteiger partial charge in [0.1, 0.15) is 4.21 Å². The summed E-state index contributed by atoms with van der Waals surface area (Å²) in [7, 11) is -3.66. The molecule has 0 aliphatic rings. The van der Waals surface area contributed by atoms with Crippen LogP contribution in [0.4, 0.5) is 0 Å². The van der Waals surface area contributed by atoms with Crippen molar-refractivity contribution in [1.82, 2.24) is 5.32 Å². The summed E-state index contributed by atoms with van der Waals surface area (Å²) in [6.45, 7) is 2.13. The molecule has 0 aliphatic carbocycles. The van der Waals surface area contributed by atoms with Crippen LogP contribution in [0.5, 0.6) is 0 Å². The smallest absolute Gasteiger partial charge is 0.247 e. The number of carbonyl (C=O) groups is 1. The number of amides is 1. The molecule has 0 spiro atoms. The fourth-order valence-electron chi connectivity index (χ4n) is 1.09. The number of thiophene rings is 1. The van der Waals surface area contributed by atoms with Gasteiger partial charge in [0.25, 0.3) is 0 Å². The first-order valence-corrected chi connectivity index (χ1v) is 7.48. The van der Waals surface area contributed by atoms with E-state index < -0.39 is 10.0 Å². The number of primary sulfonamides is 1. The van der Waals surface area contributed by atoms with Crippen molar-refractivity contribution in [2.75, 3.05) is 0 Å². The molecule has 7 heteroatoms. The van der Waals surface area contributed by atoms with Crippen LogP contribution in [-0.4, -0.2) is 14.3 Å². The molecule has 98 valence electrons. The minimum absolute atomic E-state index is 0.0937. The maximum atomic E-state index is 11.3. The molecule has 3 N–H and O–H groups in total. The topological polar surface area (TPSA) is 89.3 Å². The van der Waals surface area contributed by atoms with Crippen molar-refractivity contribution in [3.63, 3.8) is 0 Å². The van der Waals surface area contributed by atoms with E-state index in [1.165, 1.54) is 12.1 Å². The molecule has 0 aliphatic heterocycles. The minimum Gasteiger partial charge on any atom is -0.348 e. The number of nitrogens with one attached hydrogen (secondary N) is 1. The number of carbonyl (C=O) groups excluding carboxylic acids is 1. The van der Waals surface area contributed by atoms with E-state index in [0.717, 1.165) is 16.2 Å². The average molecular weight is 286 g/mol. The summed E-state index contributed by atoms with van der Waals surface area (Å²) < 4.78 is 22.2. The highest BCUT2D eigenvalue weighted by molar-refractivity contribution is 7.91. The molecule has 0 fully saturated rings. The summed E-state index contributed by atoms with van der Waals surface area (Å²) in [4.78, 5) is 12.1. The molecule has 1 amide bonds. The van der Waals surface area contributed by atoms with Crippen molar-refractivity contribution in [1.29, 1.82) is 0 Å². The van der Waals surface area contributed by atoms with Gasteiger partial charge < -0.3 is 5.32 Å². The molecule has 0 unspecified atom stereocenters. The predicted molar refractivity (Wildman–Crippen MR) is 71.5 cm³/mol. The Morgan fingerprint density at radius 3 is 2.72 bits per heavy atom. The first-order chi connectivity index (χ1) is 8.43. The quantitative estimate of drug-likeness (QED) is 0.628. The van der Waals surface area contributed by atoms with Gasteiger partial charge in [-0.25, -0.2) is 13.6 Å². The first kappa shape index (κ1) is 14.6. The molecule has 5 nitrogen and oxygen atoms in total. The van der Waals surface area contributed by atoms with Crippen LogP contribution in [0.25, 0.3) is 0 Å². The third kappa shape index (κ3) is 4.82. The molecule has 1 aromatic heterocycles. The highest BCUT2D eigenvalue weighted by Gasteiger charge is 2.11. The maximum absolute atomic E-state index is 11.3. The normalized spacial score (nSPS) is 12.3. The van der Waals surface area contributed by atoms with Crippen molar-refractivity contribution in [3.05, 3.63) is 41.3 Å². The Morgan fingerprint density at radius 1 is 1.44 bits per heavy atom. The molecule has 0 saturated carbocycles. The minimum atomic E-state index is -3.66. The Labute approximate surface area is 110 Å². The maximum Gasteiger partial charge on any atom is 0.247 e. The second kappa shape index (κ2) is 6.48. The molecule has 0 atom stereocenters. The highest BCUT2D eigenvalue weighted by Crippen LogP contribution is 2.19. The summed E-state index contributed by atoms with van der Waals surface area (Å²) >= 11 is 1.04. The van der Waals surface area contributed by atoms with Gasteiger partial charge in [-0.15, -0.1) is 11.3 Å². The summed E-state index contributed by atoms with van der Waals surface area (Å²) in [6, 6.07) is 3.05. The van der Waals surface area contributed by atoms with Gasteiger partial charge in [-0.1, -0.05) is 18.2 Å². The second-order valence-corrected chi connectivity index (χ2v) is 6.33. The lowest BCUT2D eigenvalue weighted by Gasteiger charge is -1.98. The van der Waals surface area contributed by atoms with Gasteiger partial charge in [-0.05, 0) is 19.1 Å². The third-order valence-electron chi connectivity index (χ3n) is 1.91. The van der Waals surface area contributed by atoms with Gasteiger partial charge in [0.05, 0.1) is 6.54 Å². The third-order valence-corrected chi connectivity index (χ3v) is 4.43. The molecule has 0 saturated heterocycles. The van der Waals surface area contributed by atoms with Crippen molar-refractivity contribution >= 4 is 27.3 Å². The van der Waals surface area contributed by atoms with Crippen molar-refractivity contribution in [2.45, 2.75) is 17.7 Å². The second-order valence-electron chi connectivity index (χ2n) is 3.37. The molecule has 0 bridgehead atoms. The predicted octanol–water partition coefficient (Wildman–Crippen LogP) is 1.14. The first-order valence-electron chi connectivity index (χ1n) is 5.12. The van der Waals surface area contributed by atoms with Gasteiger partial charge in [-0.2, -0.15) is 0 Å². The van der Waals surface area contributed by atoms with Gasteiger partial charge >= 0.3 is 0 Å². The van der Waals surface area contributed by atoms with Crippen LogP contribution in [0, 0.1) is 0 Å². The van der Waals surface area contributed by atoms with Gasteiger partial charge in [0.15, 0.2) is 0 Å². The standard InChI is InChI=1S/C11H14N2O3S2/c1-2-3-4-5-10(14)13-8-9-6-7-11(17-9)18(12,15)16/h2-7H,8H2,1H3,(H,13,14)(H2,12,15,16). The van der Waals surface area contributed by atoms with Crippen LogP contribution in [0.15, 0.2) is 40.6 Å². The van der Waals surface area contributed by atoms with E-state index in [0.29, 0.717) is 0 Å². The zero-order chi connectivity index (χ0) is 13.6. The van der Waals surface area contributed by atoms with Gasteiger partial charge in [0, 0.05) is 11.0 Å². The Bertz CT molecular complexity index is 571. The number of nitrogens with two attached hydrogens (primary N) is 1. The fraction of sp³-hybridized carbons (Fsp3) is 0.182. The Morgan fingerprint density at radius 2 is 2.17 bits per heavy atom. The van der Waals surface area contributed by atoms with Gasteiger partial charge in [0.2, 0.25) is 15.9 Å². The highest BCUT2D eigenvalue weighted by atomic mass is 32.2. The summed E-state index contributed by atoms with van der Waals surface area (Å²) in [5.74, 6) is -0.237. The summed E-state index contributed by atoms with van der Waals surface area (Å²) in [5, 5.41) is 7.62. The van der Waals surface area contributed by atoms with Crippen LogP contribution < -0.4 is 10.5 Å². The average Bonchev–Trinajstić information content (AvgIpc) is 2.75. The lowest BCUT2D eigenvalue weighted by Crippen LogP contribution is -2.19. The van der Waals surface area contributed by atoms with Crippen molar-refractivity contribution < 1.29 is 13.2 Å². The van der Waals surface area contributed by atoms with Crippen LogP contribution in [0.1, 0.15) is 11.8 Å². The van der Waals surface area contributed by atoms with E-state index in [1.807, 2.05) is 6.92 Å². The molecule has 18 heavy (non-hydrogen) atoms. The molecule has 1 heterocycles. The fourth-order valence-corrected chi connectivity index (χ4v) is 2.81. The Hall–Kier alpha value is -1.44. The zero-order valence-corrected chi connectivity index (χ0v) is 11.4. The number of allylic oxidation sites excluding steroid dienone is 3. The van der Waals surface area contributed by atoms with Gasteiger partial charge in [-0.3, -0.25) is 4.79 Å².